The molecule has 0 atom stereocenters. The molecule has 5 heteroatoms. The molecule has 3 nitrogen and oxygen atoms in total. The molecule has 90 valence electrons. The normalized spacial score (nSPS) is 11.6. The number of thiazole rings is 1. The zero-order valence-electron chi connectivity index (χ0n) is 9.62. The summed E-state index contributed by atoms with van der Waals surface area (Å²) in [5, 5.41) is 13.6. The summed E-state index contributed by atoms with van der Waals surface area (Å²) in [6.45, 7) is 1.94. The summed E-state index contributed by atoms with van der Waals surface area (Å²) in [5.41, 5.74) is 0.965. The molecule has 1 aromatic carbocycles. The minimum atomic E-state index is 0.299. The molecule has 18 heavy (non-hydrogen) atoms. The molecule has 0 aliphatic heterocycles. The van der Waals surface area contributed by atoms with Crippen molar-refractivity contribution in [2.24, 2.45) is 4.99 Å². The molecule has 0 fully saturated rings. The Hall–Kier alpha value is -1.72. The lowest BCUT2D eigenvalue weighted by Gasteiger charge is -1.89. The summed E-state index contributed by atoms with van der Waals surface area (Å²) >= 11 is 3.02. The first-order valence-corrected chi connectivity index (χ1v) is 7.10. The van der Waals surface area contributed by atoms with Crippen LogP contribution in [0.4, 0.5) is 5.13 Å². The predicted octanol–water partition coefficient (Wildman–Crippen LogP) is 4.12. The molecule has 0 unspecified atom stereocenters. The maximum Gasteiger partial charge on any atom is 0.209 e. The van der Waals surface area contributed by atoms with Gasteiger partial charge < -0.3 is 5.11 Å². The van der Waals surface area contributed by atoms with E-state index < -0.39 is 0 Å². The molecule has 2 aromatic heterocycles. The van der Waals surface area contributed by atoms with Crippen LogP contribution in [0, 0.1) is 6.92 Å². The van der Waals surface area contributed by atoms with Crippen LogP contribution in [0.5, 0.6) is 5.75 Å². The highest BCUT2D eigenvalue weighted by Crippen LogP contribution is 2.35. The van der Waals surface area contributed by atoms with Gasteiger partial charge in [-0.1, -0.05) is 12.1 Å². The lowest BCUT2D eigenvalue weighted by atomic mass is 10.2. The molecule has 3 aromatic rings. The fourth-order valence-corrected chi connectivity index (χ4v) is 3.26. The molecule has 0 radical (unpaired) electrons. The van der Waals surface area contributed by atoms with E-state index in [9.17, 15) is 5.11 Å². The Balaban J connectivity index is 2.00. The van der Waals surface area contributed by atoms with Gasteiger partial charge in [0.25, 0.3) is 0 Å². The molecule has 0 aliphatic carbocycles. The SMILES string of the molecule is Cc1csc(/N=C/c2sc3ccccc3c2O)n1. The Morgan fingerprint density at radius 2 is 2.17 bits per heavy atom. The first kappa shape index (κ1) is 11.4. The molecule has 1 N–H and O–H groups in total. The Bertz CT molecular complexity index is 728. The van der Waals surface area contributed by atoms with Crippen LogP contribution in [-0.4, -0.2) is 16.3 Å². The fraction of sp³-hybridized carbons (Fsp3) is 0.0769. The summed E-state index contributed by atoms with van der Waals surface area (Å²) < 4.78 is 1.06. The smallest absolute Gasteiger partial charge is 0.209 e. The van der Waals surface area contributed by atoms with Crippen molar-refractivity contribution in [2.45, 2.75) is 6.92 Å². The van der Waals surface area contributed by atoms with Crippen LogP contribution in [-0.2, 0) is 0 Å². The third-order valence-electron chi connectivity index (χ3n) is 2.49. The Morgan fingerprint density at radius 3 is 2.89 bits per heavy atom. The van der Waals surface area contributed by atoms with Crippen molar-refractivity contribution in [3.63, 3.8) is 0 Å². The van der Waals surface area contributed by atoms with Gasteiger partial charge in [-0.2, -0.15) is 0 Å². The third-order valence-corrected chi connectivity index (χ3v) is 4.46. The Morgan fingerprint density at radius 1 is 1.33 bits per heavy atom. The number of aliphatic imine (C=N–C) groups is 1. The number of aromatic hydroxyl groups is 1. The summed E-state index contributed by atoms with van der Waals surface area (Å²) in [6.07, 6.45) is 1.68. The predicted molar refractivity (Wildman–Crippen MR) is 77.6 cm³/mol. The second-order valence-electron chi connectivity index (χ2n) is 3.84. The number of hydrogen-bond donors (Lipinski definition) is 1. The van der Waals surface area contributed by atoms with E-state index in [0.717, 1.165) is 20.7 Å². The summed E-state index contributed by atoms with van der Waals surface area (Å²) in [6, 6.07) is 7.78. The highest BCUT2D eigenvalue weighted by molar-refractivity contribution is 7.21. The number of rotatable bonds is 2. The molecule has 0 bridgehead atoms. The Kier molecular flexibility index (Phi) is 2.85. The molecule has 0 aliphatic rings. The minimum Gasteiger partial charge on any atom is -0.506 e. The van der Waals surface area contributed by atoms with Crippen molar-refractivity contribution >= 4 is 44.1 Å². The molecule has 0 spiro atoms. The van der Waals surface area contributed by atoms with Crippen molar-refractivity contribution in [3.8, 4) is 5.75 Å². The van der Waals surface area contributed by atoms with Gasteiger partial charge in [0, 0.05) is 15.5 Å². The van der Waals surface area contributed by atoms with Gasteiger partial charge in [-0.3, -0.25) is 0 Å². The van der Waals surface area contributed by atoms with E-state index in [1.165, 1.54) is 22.7 Å². The van der Waals surface area contributed by atoms with Crippen molar-refractivity contribution in [2.75, 3.05) is 0 Å². The van der Waals surface area contributed by atoms with E-state index in [1.54, 1.807) is 6.21 Å². The number of hydrogen-bond acceptors (Lipinski definition) is 5. The van der Waals surface area contributed by atoms with Gasteiger partial charge in [0.05, 0.1) is 16.8 Å². The lowest BCUT2D eigenvalue weighted by molar-refractivity contribution is 0.483. The third kappa shape index (κ3) is 2.02. The van der Waals surface area contributed by atoms with E-state index in [2.05, 4.69) is 9.98 Å². The van der Waals surface area contributed by atoms with Crippen LogP contribution in [0.25, 0.3) is 10.1 Å². The van der Waals surface area contributed by atoms with Crippen molar-refractivity contribution in [1.82, 2.24) is 4.98 Å². The van der Waals surface area contributed by atoms with Gasteiger partial charge in [0.2, 0.25) is 5.13 Å². The first-order valence-electron chi connectivity index (χ1n) is 5.41. The second kappa shape index (κ2) is 4.51. The maximum atomic E-state index is 10.1. The number of thiophene rings is 1. The number of nitrogens with zero attached hydrogens (tertiary/aromatic N) is 2. The zero-order valence-corrected chi connectivity index (χ0v) is 11.3. The molecule has 0 amide bonds. The monoisotopic (exact) mass is 274 g/mol. The van der Waals surface area contributed by atoms with Gasteiger partial charge in [0.1, 0.15) is 5.75 Å². The molecular weight excluding hydrogens is 264 g/mol. The van der Waals surface area contributed by atoms with Crippen LogP contribution < -0.4 is 0 Å². The average Bonchev–Trinajstić information content (AvgIpc) is 2.92. The summed E-state index contributed by atoms with van der Waals surface area (Å²) in [4.78, 5) is 9.31. The highest BCUT2D eigenvalue weighted by atomic mass is 32.1. The lowest BCUT2D eigenvalue weighted by Crippen LogP contribution is -1.74. The summed E-state index contributed by atoms with van der Waals surface area (Å²) in [7, 11) is 0. The Labute approximate surface area is 112 Å². The van der Waals surface area contributed by atoms with E-state index in [4.69, 9.17) is 0 Å². The average molecular weight is 274 g/mol. The molecule has 0 saturated heterocycles. The fourth-order valence-electron chi connectivity index (χ4n) is 1.65. The molecular formula is C13H10N2OS2. The number of aromatic nitrogens is 1. The summed E-state index contributed by atoms with van der Waals surface area (Å²) in [5.74, 6) is 0.299. The van der Waals surface area contributed by atoms with Crippen molar-refractivity contribution < 1.29 is 5.11 Å². The van der Waals surface area contributed by atoms with Crippen LogP contribution in [0.3, 0.4) is 0 Å². The van der Waals surface area contributed by atoms with Gasteiger partial charge in [-0.05, 0) is 19.1 Å². The maximum absolute atomic E-state index is 10.1. The van der Waals surface area contributed by atoms with Crippen molar-refractivity contribution in [1.29, 1.82) is 0 Å². The topological polar surface area (TPSA) is 45.5 Å². The van der Waals surface area contributed by atoms with E-state index in [0.29, 0.717) is 10.9 Å². The van der Waals surface area contributed by atoms with E-state index in [1.807, 2.05) is 36.6 Å². The first-order chi connectivity index (χ1) is 8.74. The van der Waals surface area contributed by atoms with Crippen LogP contribution in [0.15, 0.2) is 34.6 Å². The van der Waals surface area contributed by atoms with E-state index in [-0.39, 0.29) is 0 Å². The van der Waals surface area contributed by atoms with Gasteiger partial charge >= 0.3 is 0 Å². The largest absolute Gasteiger partial charge is 0.506 e. The van der Waals surface area contributed by atoms with Crippen LogP contribution >= 0.6 is 22.7 Å². The molecule has 3 rings (SSSR count). The number of aryl methyl sites for hydroxylation is 1. The van der Waals surface area contributed by atoms with E-state index >= 15 is 0 Å². The quantitative estimate of drug-likeness (QED) is 0.714. The van der Waals surface area contributed by atoms with Gasteiger partial charge in [0.15, 0.2) is 0 Å². The second-order valence-corrected chi connectivity index (χ2v) is 5.76. The highest BCUT2D eigenvalue weighted by Gasteiger charge is 2.08. The number of fused-ring (bicyclic) bond motifs is 1. The number of benzene rings is 1. The molecule has 0 saturated carbocycles. The van der Waals surface area contributed by atoms with Gasteiger partial charge in [-0.15, -0.1) is 22.7 Å². The standard InChI is InChI=1S/C13H10N2OS2/c1-8-7-17-13(15-8)14-6-11-12(16)9-4-2-3-5-10(9)18-11/h2-7,16H,1H3/b14-6+. The molecule has 2 heterocycles. The van der Waals surface area contributed by atoms with Gasteiger partial charge in [-0.25, -0.2) is 9.98 Å². The van der Waals surface area contributed by atoms with Crippen molar-refractivity contribution in [3.05, 3.63) is 40.2 Å². The van der Waals surface area contributed by atoms with Crippen LogP contribution in [0.2, 0.25) is 0 Å². The zero-order chi connectivity index (χ0) is 12.5. The van der Waals surface area contributed by atoms with Crippen LogP contribution in [0.1, 0.15) is 10.6 Å². The minimum absolute atomic E-state index is 0.299.